The maximum Gasteiger partial charge on any atom is 0.340 e. The minimum absolute atomic E-state index is 0.379. The first-order chi connectivity index (χ1) is 9.54. The van der Waals surface area contributed by atoms with E-state index >= 15 is 0 Å². The first kappa shape index (κ1) is 14.6. The van der Waals surface area contributed by atoms with Crippen LogP contribution in [0.1, 0.15) is 23.2 Å². The van der Waals surface area contributed by atoms with Gasteiger partial charge in [-0.15, -0.1) is 0 Å². The maximum absolute atomic E-state index is 11.7. The molecule has 1 aromatic rings. The fourth-order valence-corrected chi connectivity index (χ4v) is 2.57. The number of nitrogens with two attached hydrogens (primary N) is 1. The number of ether oxygens (including phenoxy) is 1. The SMILES string of the molecule is COC(=O)c1ccnc(N2CCCC(N(C)C)C2)c1N. The number of nitrogens with zero attached hydrogens (tertiary/aromatic N) is 3. The van der Waals surface area contributed by atoms with Crippen molar-refractivity contribution in [1.29, 1.82) is 0 Å². The van der Waals surface area contributed by atoms with E-state index in [0.29, 0.717) is 23.1 Å². The van der Waals surface area contributed by atoms with E-state index in [1.165, 1.54) is 13.5 Å². The third-order valence-electron chi connectivity index (χ3n) is 3.80. The molecule has 0 radical (unpaired) electrons. The monoisotopic (exact) mass is 278 g/mol. The molecule has 20 heavy (non-hydrogen) atoms. The summed E-state index contributed by atoms with van der Waals surface area (Å²) >= 11 is 0. The summed E-state index contributed by atoms with van der Waals surface area (Å²) in [7, 11) is 5.51. The zero-order chi connectivity index (χ0) is 14.7. The van der Waals surface area contributed by atoms with Gasteiger partial charge in [-0.2, -0.15) is 0 Å². The van der Waals surface area contributed by atoms with Crippen molar-refractivity contribution < 1.29 is 9.53 Å². The molecule has 1 aliphatic rings. The Morgan fingerprint density at radius 3 is 2.95 bits per heavy atom. The van der Waals surface area contributed by atoms with Crippen molar-refractivity contribution >= 4 is 17.5 Å². The second-order valence-corrected chi connectivity index (χ2v) is 5.29. The lowest BCUT2D eigenvalue weighted by molar-refractivity contribution is 0.0602. The van der Waals surface area contributed by atoms with Gasteiger partial charge in [-0.05, 0) is 33.0 Å². The largest absolute Gasteiger partial charge is 0.465 e. The molecule has 1 aliphatic heterocycles. The van der Waals surface area contributed by atoms with Crippen LogP contribution in [-0.2, 0) is 4.74 Å². The molecule has 2 heterocycles. The highest BCUT2D eigenvalue weighted by molar-refractivity contribution is 5.97. The molecule has 2 N–H and O–H groups in total. The molecule has 0 aliphatic carbocycles. The number of aromatic nitrogens is 1. The summed E-state index contributed by atoms with van der Waals surface area (Å²) in [6.07, 6.45) is 3.86. The van der Waals surface area contributed by atoms with Crippen LogP contribution in [0.2, 0.25) is 0 Å². The van der Waals surface area contributed by atoms with Gasteiger partial charge in [-0.1, -0.05) is 0 Å². The number of carbonyl (C=O) groups is 1. The van der Waals surface area contributed by atoms with Gasteiger partial charge in [0.2, 0.25) is 0 Å². The van der Waals surface area contributed by atoms with E-state index in [2.05, 4.69) is 28.9 Å². The van der Waals surface area contributed by atoms with Crippen LogP contribution in [-0.4, -0.2) is 56.2 Å². The summed E-state index contributed by atoms with van der Waals surface area (Å²) < 4.78 is 4.75. The number of methoxy groups -OCH3 is 1. The Bertz CT molecular complexity index is 490. The molecule has 0 bridgehead atoms. The Balaban J connectivity index is 2.26. The summed E-state index contributed by atoms with van der Waals surface area (Å²) in [6.45, 7) is 1.78. The van der Waals surface area contributed by atoms with Crippen molar-refractivity contribution in [1.82, 2.24) is 9.88 Å². The van der Waals surface area contributed by atoms with Crippen LogP contribution in [0, 0.1) is 0 Å². The van der Waals surface area contributed by atoms with Crippen LogP contribution in [0.4, 0.5) is 11.5 Å². The fourth-order valence-electron chi connectivity index (χ4n) is 2.57. The molecular weight excluding hydrogens is 256 g/mol. The highest BCUT2D eigenvalue weighted by atomic mass is 16.5. The summed E-state index contributed by atoms with van der Waals surface area (Å²) in [5.74, 6) is 0.256. The summed E-state index contributed by atoms with van der Waals surface area (Å²) in [6, 6.07) is 2.07. The fraction of sp³-hybridized carbons (Fsp3) is 0.571. The predicted molar refractivity (Wildman–Crippen MR) is 78.9 cm³/mol. The Kier molecular flexibility index (Phi) is 4.44. The van der Waals surface area contributed by atoms with Gasteiger partial charge in [0.1, 0.15) is 0 Å². The van der Waals surface area contributed by atoms with E-state index in [9.17, 15) is 4.79 Å². The normalized spacial score (nSPS) is 19.2. The van der Waals surface area contributed by atoms with Crippen LogP contribution in [0.5, 0.6) is 0 Å². The van der Waals surface area contributed by atoms with Crippen LogP contribution in [0.25, 0.3) is 0 Å². The summed E-state index contributed by atoms with van der Waals surface area (Å²) in [4.78, 5) is 20.4. The first-order valence-corrected chi connectivity index (χ1v) is 6.78. The second kappa shape index (κ2) is 6.09. The molecule has 2 rings (SSSR count). The molecule has 1 aromatic heterocycles. The zero-order valence-electron chi connectivity index (χ0n) is 12.3. The number of esters is 1. The van der Waals surface area contributed by atoms with Crippen LogP contribution >= 0.6 is 0 Å². The lowest BCUT2D eigenvalue weighted by Gasteiger charge is -2.37. The summed E-state index contributed by atoms with van der Waals surface area (Å²) in [5, 5.41) is 0. The number of rotatable bonds is 3. The molecule has 0 amide bonds. The van der Waals surface area contributed by atoms with Crippen LogP contribution in [0.15, 0.2) is 12.3 Å². The van der Waals surface area contributed by atoms with E-state index in [0.717, 1.165) is 19.5 Å². The van der Waals surface area contributed by atoms with Crippen LogP contribution < -0.4 is 10.6 Å². The number of piperidine rings is 1. The number of carbonyl (C=O) groups excluding carboxylic acids is 1. The van der Waals surface area contributed by atoms with Gasteiger partial charge in [-0.25, -0.2) is 9.78 Å². The molecule has 1 saturated heterocycles. The molecule has 0 spiro atoms. The minimum Gasteiger partial charge on any atom is -0.465 e. The minimum atomic E-state index is -0.424. The number of hydrogen-bond acceptors (Lipinski definition) is 6. The molecule has 6 nitrogen and oxygen atoms in total. The molecule has 1 unspecified atom stereocenters. The Hall–Kier alpha value is -1.82. The number of anilines is 2. The molecule has 6 heteroatoms. The smallest absolute Gasteiger partial charge is 0.340 e. The summed E-state index contributed by atoms with van der Waals surface area (Å²) in [5.41, 5.74) is 6.87. The number of nitrogen functional groups attached to an aromatic ring is 1. The van der Waals surface area contributed by atoms with Crippen molar-refractivity contribution in [2.75, 3.05) is 44.9 Å². The van der Waals surface area contributed by atoms with Gasteiger partial charge >= 0.3 is 5.97 Å². The maximum atomic E-state index is 11.7. The third kappa shape index (κ3) is 2.85. The Labute approximate surface area is 119 Å². The van der Waals surface area contributed by atoms with Gasteiger partial charge in [0.25, 0.3) is 0 Å². The lowest BCUT2D eigenvalue weighted by Crippen LogP contribution is -2.45. The van der Waals surface area contributed by atoms with Crippen molar-refractivity contribution in [3.05, 3.63) is 17.8 Å². The van der Waals surface area contributed by atoms with E-state index in [1.807, 2.05) is 0 Å². The van der Waals surface area contributed by atoms with E-state index in [-0.39, 0.29) is 0 Å². The van der Waals surface area contributed by atoms with Crippen molar-refractivity contribution in [3.8, 4) is 0 Å². The second-order valence-electron chi connectivity index (χ2n) is 5.29. The third-order valence-corrected chi connectivity index (χ3v) is 3.80. The number of likely N-dealkylation sites (N-methyl/N-ethyl adjacent to an activating group) is 1. The Morgan fingerprint density at radius 2 is 2.30 bits per heavy atom. The Morgan fingerprint density at radius 1 is 1.55 bits per heavy atom. The number of pyridine rings is 1. The molecule has 0 saturated carbocycles. The molecule has 1 fully saturated rings. The molecule has 0 aromatic carbocycles. The van der Waals surface area contributed by atoms with Gasteiger partial charge in [0, 0.05) is 25.3 Å². The number of hydrogen-bond donors (Lipinski definition) is 1. The van der Waals surface area contributed by atoms with Crippen molar-refractivity contribution in [2.24, 2.45) is 0 Å². The standard InChI is InChI=1S/C14H22N4O2/c1-17(2)10-5-4-8-18(9-10)13-12(15)11(6-7-16-13)14(19)20-3/h6-7,10H,4-5,8-9,15H2,1-3H3. The van der Waals surface area contributed by atoms with Gasteiger partial charge < -0.3 is 20.3 Å². The molecular formula is C14H22N4O2. The van der Waals surface area contributed by atoms with Crippen LogP contribution in [0.3, 0.4) is 0 Å². The predicted octanol–water partition coefficient (Wildman–Crippen LogP) is 0.981. The first-order valence-electron chi connectivity index (χ1n) is 6.78. The highest BCUT2D eigenvalue weighted by Gasteiger charge is 2.25. The molecule has 110 valence electrons. The van der Waals surface area contributed by atoms with E-state index in [1.54, 1.807) is 12.3 Å². The average Bonchev–Trinajstić information content (AvgIpc) is 2.46. The van der Waals surface area contributed by atoms with Gasteiger partial charge in [-0.3, -0.25) is 0 Å². The van der Waals surface area contributed by atoms with Gasteiger partial charge in [0.05, 0.1) is 18.4 Å². The van der Waals surface area contributed by atoms with Gasteiger partial charge in [0.15, 0.2) is 5.82 Å². The van der Waals surface area contributed by atoms with E-state index in [4.69, 9.17) is 10.5 Å². The zero-order valence-corrected chi connectivity index (χ0v) is 12.3. The average molecular weight is 278 g/mol. The topological polar surface area (TPSA) is 71.7 Å². The van der Waals surface area contributed by atoms with E-state index < -0.39 is 5.97 Å². The molecule has 1 atom stereocenters. The van der Waals surface area contributed by atoms with Crippen molar-refractivity contribution in [2.45, 2.75) is 18.9 Å². The highest BCUT2D eigenvalue weighted by Crippen LogP contribution is 2.27. The lowest BCUT2D eigenvalue weighted by atomic mass is 10.0. The quantitative estimate of drug-likeness (QED) is 0.831. The van der Waals surface area contributed by atoms with Crippen molar-refractivity contribution in [3.63, 3.8) is 0 Å².